The molecule has 2 N–H and O–H groups in total. The summed E-state index contributed by atoms with van der Waals surface area (Å²) in [5.41, 5.74) is 6.56. The van der Waals surface area contributed by atoms with Crippen LogP contribution in [0.15, 0.2) is 12.1 Å². The first-order valence-electron chi connectivity index (χ1n) is 4.30. The van der Waals surface area contributed by atoms with Crippen LogP contribution in [0.4, 0.5) is 0 Å². The third-order valence-electron chi connectivity index (χ3n) is 1.75. The smallest absolute Gasteiger partial charge is 0.233 e. The number of nitrogens with zero attached hydrogens (tertiary/aromatic N) is 2. The van der Waals surface area contributed by atoms with Crippen molar-refractivity contribution in [1.82, 2.24) is 10.2 Å². The van der Waals surface area contributed by atoms with Gasteiger partial charge < -0.3 is 10.5 Å². The van der Waals surface area contributed by atoms with E-state index in [0.29, 0.717) is 12.3 Å². The summed E-state index contributed by atoms with van der Waals surface area (Å²) in [6, 6.07) is 3.36. The summed E-state index contributed by atoms with van der Waals surface area (Å²) in [5, 5.41) is 7.76. The molecule has 1 unspecified atom stereocenters. The van der Waals surface area contributed by atoms with E-state index < -0.39 is 0 Å². The molecule has 1 rings (SSSR count). The van der Waals surface area contributed by atoms with Gasteiger partial charge in [-0.25, -0.2) is 0 Å². The summed E-state index contributed by atoms with van der Waals surface area (Å²) < 4.78 is 4.89. The highest BCUT2D eigenvalue weighted by atomic mass is 16.5. The molecule has 4 nitrogen and oxygen atoms in total. The lowest BCUT2D eigenvalue weighted by Gasteiger charge is -2.06. The van der Waals surface area contributed by atoms with E-state index in [1.165, 1.54) is 0 Å². The number of ether oxygens (including phenoxy) is 1. The van der Waals surface area contributed by atoms with Gasteiger partial charge in [-0.05, 0) is 13.0 Å². The molecule has 74 valence electrons. The third-order valence-corrected chi connectivity index (χ3v) is 1.75. The van der Waals surface area contributed by atoms with Crippen LogP contribution in [0.3, 0.4) is 0 Å². The van der Waals surface area contributed by atoms with E-state index in [0.717, 1.165) is 5.69 Å². The predicted molar refractivity (Wildman–Crippen MR) is 53.6 cm³/mol. The van der Waals surface area contributed by atoms with Crippen molar-refractivity contribution in [2.24, 2.45) is 5.73 Å². The van der Waals surface area contributed by atoms with Gasteiger partial charge in [0, 0.05) is 12.5 Å². The van der Waals surface area contributed by atoms with Gasteiger partial charge in [-0.1, -0.05) is 0 Å². The minimum absolute atomic E-state index is 0.180. The molecule has 1 atom stereocenters. The lowest BCUT2D eigenvalue weighted by atomic mass is 10.1. The molecule has 0 aliphatic rings. The average Bonchev–Trinajstić information content (AvgIpc) is 2.26. The standard InChI is InChI=1S/C10H13N3O/c1-3-4-5-8(11)9-6-7-10(14-2)13-12-9/h6-8H,5,11H2,1-2H3. The molecule has 0 bridgehead atoms. The van der Waals surface area contributed by atoms with Gasteiger partial charge in [0.2, 0.25) is 5.88 Å². The predicted octanol–water partition coefficient (Wildman–Crippen LogP) is 0.898. The highest BCUT2D eigenvalue weighted by Crippen LogP contribution is 2.11. The molecular weight excluding hydrogens is 178 g/mol. The Morgan fingerprint density at radius 2 is 2.29 bits per heavy atom. The largest absolute Gasteiger partial charge is 0.480 e. The highest BCUT2D eigenvalue weighted by molar-refractivity contribution is 5.15. The van der Waals surface area contributed by atoms with Gasteiger partial charge >= 0.3 is 0 Å². The Kier molecular flexibility index (Phi) is 3.89. The van der Waals surface area contributed by atoms with Crippen molar-refractivity contribution < 1.29 is 4.74 Å². The van der Waals surface area contributed by atoms with Gasteiger partial charge in [0.05, 0.1) is 18.8 Å². The van der Waals surface area contributed by atoms with E-state index in [4.69, 9.17) is 10.5 Å². The average molecular weight is 191 g/mol. The second-order valence-corrected chi connectivity index (χ2v) is 2.74. The maximum absolute atomic E-state index is 5.83. The first-order valence-corrected chi connectivity index (χ1v) is 4.30. The van der Waals surface area contributed by atoms with Crippen LogP contribution in [0, 0.1) is 11.8 Å². The Bertz CT molecular complexity index is 337. The lowest BCUT2D eigenvalue weighted by Crippen LogP contribution is -2.12. The van der Waals surface area contributed by atoms with E-state index in [1.807, 2.05) is 0 Å². The first kappa shape index (κ1) is 10.5. The molecule has 1 aromatic rings. The molecule has 0 saturated heterocycles. The van der Waals surface area contributed by atoms with Gasteiger partial charge in [-0.15, -0.1) is 16.9 Å². The van der Waals surface area contributed by atoms with Crippen LogP contribution in [0.25, 0.3) is 0 Å². The highest BCUT2D eigenvalue weighted by Gasteiger charge is 2.06. The molecule has 0 radical (unpaired) electrons. The van der Waals surface area contributed by atoms with Crippen LogP contribution in [0.1, 0.15) is 25.1 Å². The van der Waals surface area contributed by atoms with Gasteiger partial charge in [-0.3, -0.25) is 0 Å². The molecule has 4 heteroatoms. The number of hydrogen-bond acceptors (Lipinski definition) is 4. The van der Waals surface area contributed by atoms with Gasteiger partial charge in [-0.2, -0.15) is 5.10 Å². The van der Waals surface area contributed by atoms with Crippen molar-refractivity contribution in [2.75, 3.05) is 7.11 Å². The Morgan fingerprint density at radius 1 is 1.50 bits per heavy atom. The maximum atomic E-state index is 5.83. The van der Waals surface area contributed by atoms with Gasteiger partial charge in [0.15, 0.2) is 0 Å². The van der Waals surface area contributed by atoms with Gasteiger partial charge in [0.25, 0.3) is 0 Å². The van der Waals surface area contributed by atoms with Crippen LogP contribution in [-0.2, 0) is 0 Å². The summed E-state index contributed by atoms with van der Waals surface area (Å²) in [6.45, 7) is 1.78. The van der Waals surface area contributed by atoms with E-state index in [2.05, 4.69) is 22.0 Å². The number of methoxy groups -OCH3 is 1. The fourth-order valence-corrected chi connectivity index (χ4v) is 0.954. The molecule has 0 saturated carbocycles. The molecule has 0 fully saturated rings. The number of rotatable bonds is 3. The van der Waals surface area contributed by atoms with Crippen molar-refractivity contribution in [1.29, 1.82) is 0 Å². The summed E-state index contributed by atoms with van der Waals surface area (Å²) >= 11 is 0. The summed E-state index contributed by atoms with van der Waals surface area (Å²) in [7, 11) is 1.55. The summed E-state index contributed by atoms with van der Waals surface area (Å²) in [6.07, 6.45) is 0.595. The number of nitrogens with two attached hydrogens (primary N) is 1. The minimum atomic E-state index is -0.180. The fraction of sp³-hybridized carbons (Fsp3) is 0.400. The molecule has 0 aliphatic carbocycles. The lowest BCUT2D eigenvalue weighted by molar-refractivity contribution is 0.390. The fourth-order valence-electron chi connectivity index (χ4n) is 0.954. The maximum Gasteiger partial charge on any atom is 0.233 e. The Labute approximate surface area is 83.5 Å². The molecular formula is C10H13N3O. The van der Waals surface area contributed by atoms with E-state index in [1.54, 1.807) is 26.2 Å². The van der Waals surface area contributed by atoms with Crippen molar-refractivity contribution in [3.05, 3.63) is 17.8 Å². The van der Waals surface area contributed by atoms with Crippen molar-refractivity contribution in [3.63, 3.8) is 0 Å². The topological polar surface area (TPSA) is 61.0 Å². The SMILES string of the molecule is CC#CCC(N)c1ccc(OC)nn1. The second kappa shape index (κ2) is 5.20. The van der Waals surface area contributed by atoms with Crippen molar-refractivity contribution in [2.45, 2.75) is 19.4 Å². The zero-order chi connectivity index (χ0) is 10.4. The monoisotopic (exact) mass is 191 g/mol. The summed E-state index contributed by atoms with van der Waals surface area (Å²) in [5.74, 6) is 6.18. The quantitative estimate of drug-likeness (QED) is 0.721. The first-order chi connectivity index (χ1) is 6.77. The van der Waals surface area contributed by atoms with Crippen LogP contribution in [-0.4, -0.2) is 17.3 Å². The molecule has 1 aromatic heterocycles. The molecule has 0 spiro atoms. The van der Waals surface area contributed by atoms with Gasteiger partial charge in [0.1, 0.15) is 0 Å². The van der Waals surface area contributed by atoms with Crippen LogP contribution in [0.5, 0.6) is 5.88 Å². The number of aromatic nitrogens is 2. The Hall–Kier alpha value is -1.60. The van der Waals surface area contributed by atoms with Crippen LogP contribution in [0.2, 0.25) is 0 Å². The molecule has 0 amide bonds. The normalized spacial score (nSPS) is 11.4. The van der Waals surface area contributed by atoms with Crippen LogP contribution < -0.4 is 10.5 Å². The van der Waals surface area contributed by atoms with E-state index in [9.17, 15) is 0 Å². The molecule has 14 heavy (non-hydrogen) atoms. The Balaban J connectivity index is 2.69. The molecule has 0 aromatic carbocycles. The number of hydrogen-bond donors (Lipinski definition) is 1. The Morgan fingerprint density at radius 3 is 2.79 bits per heavy atom. The van der Waals surface area contributed by atoms with E-state index in [-0.39, 0.29) is 6.04 Å². The van der Waals surface area contributed by atoms with Crippen molar-refractivity contribution in [3.8, 4) is 17.7 Å². The molecule has 0 aliphatic heterocycles. The van der Waals surface area contributed by atoms with Crippen LogP contribution >= 0.6 is 0 Å². The van der Waals surface area contributed by atoms with E-state index >= 15 is 0 Å². The summed E-state index contributed by atoms with van der Waals surface area (Å²) in [4.78, 5) is 0. The van der Waals surface area contributed by atoms with Crippen molar-refractivity contribution >= 4 is 0 Å². The second-order valence-electron chi connectivity index (χ2n) is 2.74. The zero-order valence-electron chi connectivity index (χ0n) is 8.32. The third kappa shape index (κ3) is 2.71. The zero-order valence-corrected chi connectivity index (χ0v) is 8.32. The minimum Gasteiger partial charge on any atom is -0.480 e. The molecule has 1 heterocycles.